The lowest BCUT2D eigenvalue weighted by molar-refractivity contribution is 0.596. The molecule has 0 saturated carbocycles. The largest absolute Gasteiger partial charge is 0.329 e. The van der Waals surface area contributed by atoms with E-state index in [1.165, 1.54) is 0 Å². The summed E-state index contributed by atoms with van der Waals surface area (Å²) in [6, 6.07) is 9.37. The number of sulfonamides is 1. The lowest BCUT2D eigenvalue weighted by atomic mass is 10.1. The summed E-state index contributed by atoms with van der Waals surface area (Å²) >= 11 is 0. The van der Waals surface area contributed by atoms with Crippen molar-refractivity contribution >= 4 is 26.7 Å². The molecule has 0 aliphatic heterocycles. The van der Waals surface area contributed by atoms with E-state index in [1.54, 1.807) is 24.5 Å². The lowest BCUT2D eigenvalue weighted by Crippen LogP contribution is -2.13. The fourth-order valence-corrected chi connectivity index (χ4v) is 4.03. The van der Waals surface area contributed by atoms with Gasteiger partial charge >= 0.3 is 0 Å². The van der Waals surface area contributed by atoms with E-state index in [9.17, 15) is 8.42 Å². The first-order valence-electron chi connectivity index (χ1n) is 7.85. The van der Waals surface area contributed by atoms with E-state index >= 15 is 0 Å². The molecule has 1 aromatic carbocycles. The minimum Gasteiger partial charge on any atom is -0.329 e. The minimum atomic E-state index is -3.70. The minimum absolute atomic E-state index is 0.118. The maximum absolute atomic E-state index is 13.0. The van der Waals surface area contributed by atoms with Gasteiger partial charge in [0.2, 0.25) is 0 Å². The molecule has 0 saturated heterocycles. The molecule has 2 heterocycles. The van der Waals surface area contributed by atoms with Gasteiger partial charge in [0.25, 0.3) is 10.0 Å². The van der Waals surface area contributed by atoms with Crippen LogP contribution in [0, 0.1) is 13.8 Å². The van der Waals surface area contributed by atoms with Crippen molar-refractivity contribution in [2.45, 2.75) is 38.6 Å². The Balaban J connectivity index is 2.14. The number of hydrogen-bond acceptors (Lipinski definition) is 3. The highest BCUT2D eigenvalue weighted by atomic mass is 32.2. The Bertz CT molecular complexity index is 1000. The van der Waals surface area contributed by atoms with Gasteiger partial charge in [-0.2, -0.15) is 0 Å². The summed E-state index contributed by atoms with van der Waals surface area (Å²) in [5.74, 6) is 0. The molecule has 0 radical (unpaired) electrons. The first kappa shape index (κ1) is 16.5. The molecule has 3 aromatic rings. The highest BCUT2D eigenvalue weighted by Crippen LogP contribution is 2.29. The maximum atomic E-state index is 13.0. The summed E-state index contributed by atoms with van der Waals surface area (Å²) in [7, 11) is -3.70. The van der Waals surface area contributed by atoms with Gasteiger partial charge in [0.05, 0.1) is 5.69 Å². The third-order valence-corrected chi connectivity index (χ3v) is 5.43. The molecule has 126 valence electrons. The van der Waals surface area contributed by atoms with Crippen LogP contribution in [0.15, 0.2) is 47.6 Å². The quantitative estimate of drug-likeness (QED) is 0.778. The zero-order valence-corrected chi connectivity index (χ0v) is 15.1. The molecule has 0 atom stereocenters. The van der Waals surface area contributed by atoms with Crippen LogP contribution >= 0.6 is 0 Å². The van der Waals surface area contributed by atoms with E-state index in [1.807, 2.05) is 50.5 Å². The zero-order chi connectivity index (χ0) is 17.5. The second kappa shape index (κ2) is 5.94. The van der Waals surface area contributed by atoms with Crippen LogP contribution in [0.5, 0.6) is 0 Å². The number of rotatable bonds is 4. The normalized spacial score (nSPS) is 12.0. The number of aromatic nitrogens is 2. The van der Waals surface area contributed by atoms with Gasteiger partial charge in [0.1, 0.15) is 10.5 Å². The summed E-state index contributed by atoms with van der Waals surface area (Å²) in [6.45, 7) is 7.83. The molecule has 2 aromatic heterocycles. The molecule has 0 unspecified atom stereocenters. The van der Waals surface area contributed by atoms with Gasteiger partial charge in [-0.1, -0.05) is 12.1 Å². The topological polar surface area (TPSA) is 64.0 Å². The monoisotopic (exact) mass is 343 g/mol. The van der Waals surface area contributed by atoms with E-state index in [0.29, 0.717) is 16.7 Å². The zero-order valence-electron chi connectivity index (χ0n) is 14.2. The second-order valence-corrected chi connectivity index (χ2v) is 7.94. The first-order chi connectivity index (χ1) is 11.3. The number of pyridine rings is 1. The number of anilines is 1. The van der Waals surface area contributed by atoms with Crippen LogP contribution in [0.25, 0.3) is 11.0 Å². The van der Waals surface area contributed by atoms with Gasteiger partial charge in [-0.3, -0.25) is 4.72 Å². The van der Waals surface area contributed by atoms with Gasteiger partial charge in [0.15, 0.2) is 0 Å². The van der Waals surface area contributed by atoms with Crippen LogP contribution in [-0.4, -0.2) is 18.0 Å². The van der Waals surface area contributed by atoms with Crippen molar-refractivity contribution < 1.29 is 8.42 Å². The van der Waals surface area contributed by atoms with Crippen molar-refractivity contribution in [1.82, 2.24) is 9.55 Å². The van der Waals surface area contributed by atoms with Crippen molar-refractivity contribution in [3.63, 3.8) is 0 Å². The number of benzene rings is 1. The SMILES string of the molecule is Cc1ccc(C)c(NS(=O)(=O)c2cn(C(C)C)c3ncccc23)c1. The number of nitrogens with one attached hydrogen (secondary N) is 1. The van der Waals surface area contributed by atoms with Crippen molar-refractivity contribution in [1.29, 1.82) is 0 Å². The molecule has 0 spiro atoms. The van der Waals surface area contributed by atoms with E-state index in [4.69, 9.17) is 0 Å². The molecule has 3 rings (SSSR count). The summed E-state index contributed by atoms with van der Waals surface area (Å²) in [5, 5.41) is 0.629. The van der Waals surface area contributed by atoms with E-state index < -0.39 is 10.0 Å². The fourth-order valence-electron chi connectivity index (χ4n) is 2.71. The Morgan fingerprint density at radius 1 is 1.17 bits per heavy atom. The molecular formula is C18H21N3O2S. The number of nitrogens with zero attached hydrogens (tertiary/aromatic N) is 2. The second-order valence-electron chi connectivity index (χ2n) is 6.29. The van der Waals surface area contributed by atoms with Crippen LogP contribution in [0.1, 0.15) is 31.0 Å². The van der Waals surface area contributed by atoms with Gasteiger partial charge in [-0.15, -0.1) is 0 Å². The van der Waals surface area contributed by atoms with Gasteiger partial charge in [-0.05, 0) is 57.0 Å². The molecule has 5 nitrogen and oxygen atoms in total. The first-order valence-corrected chi connectivity index (χ1v) is 9.33. The lowest BCUT2D eigenvalue weighted by Gasteiger charge is -2.11. The molecule has 24 heavy (non-hydrogen) atoms. The summed E-state index contributed by atoms with van der Waals surface area (Å²) in [4.78, 5) is 4.60. The third kappa shape index (κ3) is 2.89. The number of fused-ring (bicyclic) bond motifs is 1. The smallest absolute Gasteiger partial charge is 0.264 e. The van der Waals surface area contributed by atoms with Gasteiger partial charge in [-0.25, -0.2) is 13.4 Å². The van der Waals surface area contributed by atoms with Crippen LogP contribution in [0.2, 0.25) is 0 Å². The summed E-state index contributed by atoms with van der Waals surface area (Å²) in [6.07, 6.45) is 3.34. The Morgan fingerprint density at radius 3 is 2.62 bits per heavy atom. The van der Waals surface area contributed by atoms with Crippen LogP contribution in [0.3, 0.4) is 0 Å². The standard InChI is InChI=1S/C18H21N3O2S/c1-12(2)21-11-17(15-6-5-9-19-18(15)21)24(22,23)20-16-10-13(3)7-8-14(16)4/h5-12,20H,1-4H3. The van der Waals surface area contributed by atoms with E-state index in [-0.39, 0.29) is 10.9 Å². The predicted molar refractivity (Wildman–Crippen MR) is 96.8 cm³/mol. The van der Waals surface area contributed by atoms with Crippen molar-refractivity contribution in [2.75, 3.05) is 4.72 Å². The van der Waals surface area contributed by atoms with Crippen molar-refractivity contribution in [3.8, 4) is 0 Å². The average molecular weight is 343 g/mol. The molecule has 0 amide bonds. The van der Waals surface area contributed by atoms with E-state index in [0.717, 1.165) is 11.1 Å². The molecule has 1 N–H and O–H groups in total. The molecule has 0 fully saturated rings. The van der Waals surface area contributed by atoms with Crippen molar-refractivity contribution in [3.05, 3.63) is 53.9 Å². The number of hydrogen-bond donors (Lipinski definition) is 1. The molecule has 0 bridgehead atoms. The van der Waals surface area contributed by atoms with Crippen LogP contribution < -0.4 is 4.72 Å². The number of aryl methyl sites for hydroxylation is 2. The van der Waals surface area contributed by atoms with E-state index in [2.05, 4.69) is 9.71 Å². The Morgan fingerprint density at radius 2 is 1.92 bits per heavy atom. The van der Waals surface area contributed by atoms with Crippen LogP contribution in [0.4, 0.5) is 5.69 Å². The fraction of sp³-hybridized carbons (Fsp3) is 0.278. The van der Waals surface area contributed by atoms with Gasteiger partial charge in [0, 0.05) is 23.8 Å². The van der Waals surface area contributed by atoms with Crippen LogP contribution in [-0.2, 0) is 10.0 Å². The van der Waals surface area contributed by atoms with Gasteiger partial charge < -0.3 is 4.57 Å². The Labute approximate surface area is 142 Å². The molecule has 0 aliphatic carbocycles. The maximum Gasteiger partial charge on any atom is 0.264 e. The molecular weight excluding hydrogens is 322 g/mol. The molecule has 6 heteroatoms. The summed E-state index contributed by atoms with van der Waals surface area (Å²) in [5.41, 5.74) is 3.16. The average Bonchev–Trinajstić information content (AvgIpc) is 2.91. The molecule has 0 aliphatic rings. The highest BCUT2D eigenvalue weighted by molar-refractivity contribution is 7.93. The highest BCUT2D eigenvalue weighted by Gasteiger charge is 2.23. The third-order valence-electron chi connectivity index (χ3n) is 4.04. The predicted octanol–water partition coefficient (Wildman–Crippen LogP) is 4.03. The Kier molecular flexibility index (Phi) is 4.09. The Hall–Kier alpha value is -2.34. The summed E-state index contributed by atoms with van der Waals surface area (Å²) < 4.78 is 30.5. The van der Waals surface area contributed by atoms with Crippen molar-refractivity contribution in [2.24, 2.45) is 0 Å².